The zero-order valence-electron chi connectivity index (χ0n) is 9.58. The average Bonchev–Trinajstić information content (AvgIpc) is 2.16. The van der Waals surface area contributed by atoms with Crippen molar-refractivity contribution in [2.75, 3.05) is 18.6 Å². The van der Waals surface area contributed by atoms with Crippen molar-refractivity contribution in [1.82, 2.24) is 0 Å². The van der Waals surface area contributed by atoms with Gasteiger partial charge in [-0.25, -0.2) is 4.79 Å². The molecule has 0 bridgehead atoms. The molecule has 0 aliphatic carbocycles. The number of ether oxygens (including phenoxy) is 1. The van der Waals surface area contributed by atoms with E-state index in [2.05, 4.69) is 0 Å². The third-order valence-electron chi connectivity index (χ3n) is 1.42. The van der Waals surface area contributed by atoms with Gasteiger partial charge in [0.15, 0.2) is 0 Å². The minimum absolute atomic E-state index is 0.308. The first-order chi connectivity index (χ1) is 7.74. The van der Waals surface area contributed by atoms with E-state index in [1.54, 1.807) is 31.2 Å². The summed E-state index contributed by atoms with van der Waals surface area (Å²) in [4.78, 5) is 11.1. The van der Waals surface area contributed by atoms with Crippen LogP contribution in [0.5, 0.6) is 0 Å². The smallest absolute Gasteiger partial charge is 0.338 e. The molecule has 0 radical (unpaired) electrons. The Hall–Kier alpha value is -1.60. The molecule has 0 saturated heterocycles. The Labute approximate surface area is 100 Å². The summed E-state index contributed by atoms with van der Waals surface area (Å²) in [6.07, 6.45) is 0.715. The largest absolute Gasteiger partial charge is 0.462 e. The highest BCUT2D eigenvalue weighted by Gasteiger charge is 2.03. The van der Waals surface area contributed by atoms with Crippen LogP contribution in [0.2, 0.25) is 0 Å². The van der Waals surface area contributed by atoms with Gasteiger partial charge in [0.1, 0.15) is 0 Å². The number of hydrogen-bond donors (Lipinski definition) is 2. The number of anilines is 1. The van der Waals surface area contributed by atoms with Gasteiger partial charge in [0.05, 0.1) is 18.4 Å². The molecule has 6 nitrogen and oxygen atoms in total. The van der Waals surface area contributed by atoms with Crippen molar-refractivity contribution in [3.63, 3.8) is 0 Å². The average molecular weight is 261 g/mol. The molecule has 17 heavy (non-hydrogen) atoms. The SMILES string of the molecule is CCOC(=O)c1ccc(N)cc1.CS(=O)(=O)O. The molecule has 0 amide bonds. The maximum Gasteiger partial charge on any atom is 0.338 e. The molecule has 0 unspecified atom stereocenters. The standard InChI is InChI=1S/C9H11NO2.CH4O3S/c1-2-12-9(11)7-3-5-8(10)6-4-7;1-5(2,3)4/h3-6H,2,10H2,1H3;1H3,(H,2,3,4). The highest BCUT2D eigenvalue weighted by molar-refractivity contribution is 7.85. The van der Waals surface area contributed by atoms with Crippen LogP contribution in [0.3, 0.4) is 0 Å². The van der Waals surface area contributed by atoms with Gasteiger partial charge in [-0.15, -0.1) is 0 Å². The van der Waals surface area contributed by atoms with Crippen molar-refractivity contribution in [1.29, 1.82) is 0 Å². The van der Waals surface area contributed by atoms with Gasteiger partial charge in [-0.05, 0) is 31.2 Å². The third kappa shape index (κ3) is 9.34. The van der Waals surface area contributed by atoms with Crippen molar-refractivity contribution < 1.29 is 22.5 Å². The van der Waals surface area contributed by atoms with Crippen LogP contribution in [0, 0.1) is 0 Å². The topological polar surface area (TPSA) is 107 Å². The summed E-state index contributed by atoms with van der Waals surface area (Å²) in [5.74, 6) is -0.308. The van der Waals surface area contributed by atoms with Crippen molar-refractivity contribution in [3.05, 3.63) is 29.8 Å². The summed E-state index contributed by atoms with van der Waals surface area (Å²) in [5.41, 5.74) is 6.62. The van der Waals surface area contributed by atoms with E-state index in [0.29, 0.717) is 24.1 Å². The minimum atomic E-state index is -3.67. The van der Waals surface area contributed by atoms with E-state index in [4.69, 9.17) is 15.0 Å². The molecular formula is C10H15NO5S. The van der Waals surface area contributed by atoms with Gasteiger partial charge in [0, 0.05) is 5.69 Å². The van der Waals surface area contributed by atoms with Crippen LogP contribution in [0.4, 0.5) is 5.69 Å². The predicted molar refractivity (Wildman–Crippen MR) is 64.3 cm³/mol. The number of carbonyl (C=O) groups is 1. The molecule has 0 aliphatic rings. The molecular weight excluding hydrogens is 246 g/mol. The molecule has 1 rings (SSSR count). The molecule has 0 saturated carbocycles. The maximum absolute atomic E-state index is 11.1. The van der Waals surface area contributed by atoms with Crippen molar-refractivity contribution in [3.8, 4) is 0 Å². The van der Waals surface area contributed by atoms with Crippen LogP contribution >= 0.6 is 0 Å². The van der Waals surface area contributed by atoms with Gasteiger partial charge in [0.2, 0.25) is 0 Å². The van der Waals surface area contributed by atoms with Crippen molar-refractivity contribution in [2.24, 2.45) is 0 Å². The Balaban J connectivity index is 0.000000437. The number of esters is 1. The van der Waals surface area contributed by atoms with Gasteiger partial charge >= 0.3 is 5.97 Å². The first-order valence-corrected chi connectivity index (χ1v) is 6.54. The van der Waals surface area contributed by atoms with Crippen molar-refractivity contribution >= 4 is 21.8 Å². The molecule has 96 valence electrons. The number of benzene rings is 1. The molecule has 1 aromatic rings. The third-order valence-corrected chi connectivity index (χ3v) is 1.42. The van der Waals surface area contributed by atoms with E-state index in [9.17, 15) is 13.2 Å². The summed E-state index contributed by atoms with van der Waals surface area (Å²) in [6, 6.07) is 6.64. The first-order valence-electron chi connectivity index (χ1n) is 4.69. The summed E-state index contributed by atoms with van der Waals surface area (Å²) in [6.45, 7) is 2.17. The minimum Gasteiger partial charge on any atom is -0.462 e. The highest BCUT2D eigenvalue weighted by Crippen LogP contribution is 2.06. The lowest BCUT2D eigenvalue weighted by molar-refractivity contribution is 0.0526. The van der Waals surface area contributed by atoms with E-state index in [-0.39, 0.29) is 5.97 Å². The Morgan fingerprint density at radius 2 is 1.76 bits per heavy atom. The van der Waals surface area contributed by atoms with Crippen LogP contribution in [-0.4, -0.2) is 31.8 Å². The number of nitrogens with two attached hydrogens (primary N) is 1. The van der Waals surface area contributed by atoms with E-state index in [1.807, 2.05) is 0 Å². The van der Waals surface area contributed by atoms with E-state index in [1.165, 1.54) is 0 Å². The second-order valence-corrected chi connectivity index (χ2v) is 4.54. The van der Waals surface area contributed by atoms with Crippen molar-refractivity contribution in [2.45, 2.75) is 6.92 Å². The van der Waals surface area contributed by atoms with Gasteiger partial charge in [-0.2, -0.15) is 8.42 Å². The second-order valence-electron chi connectivity index (χ2n) is 3.08. The number of carbonyl (C=O) groups excluding carboxylic acids is 1. The predicted octanol–water partition coefficient (Wildman–Crippen LogP) is 0.950. The van der Waals surface area contributed by atoms with Crippen LogP contribution in [0.15, 0.2) is 24.3 Å². The normalized spacial score (nSPS) is 10.1. The number of rotatable bonds is 2. The Bertz CT molecular complexity index is 444. The number of hydrogen-bond acceptors (Lipinski definition) is 5. The molecule has 1 aromatic carbocycles. The maximum atomic E-state index is 11.1. The molecule has 0 aliphatic heterocycles. The summed E-state index contributed by atoms with van der Waals surface area (Å²) in [7, 11) is -3.67. The first kappa shape index (κ1) is 15.4. The summed E-state index contributed by atoms with van der Waals surface area (Å²) >= 11 is 0. The Morgan fingerprint density at radius 3 is 2.12 bits per heavy atom. The summed E-state index contributed by atoms with van der Waals surface area (Å²) in [5, 5.41) is 0. The van der Waals surface area contributed by atoms with Gasteiger partial charge < -0.3 is 10.5 Å². The molecule has 0 aromatic heterocycles. The lowest BCUT2D eigenvalue weighted by atomic mass is 10.2. The van der Waals surface area contributed by atoms with Crippen LogP contribution in [0.25, 0.3) is 0 Å². The van der Waals surface area contributed by atoms with E-state index < -0.39 is 10.1 Å². The zero-order valence-corrected chi connectivity index (χ0v) is 10.4. The fourth-order valence-electron chi connectivity index (χ4n) is 0.834. The molecule has 3 N–H and O–H groups in total. The summed E-state index contributed by atoms with van der Waals surface area (Å²) < 4.78 is 30.7. The lowest BCUT2D eigenvalue weighted by Crippen LogP contribution is -2.04. The van der Waals surface area contributed by atoms with Crippen LogP contribution in [-0.2, 0) is 14.9 Å². The zero-order chi connectivity index (χ0) is 13.5. The van der Waals surface area contributed by atoms with Crippen LogP contribution in [0.1, 0.15) is 17.3 Å². The second kappa shape index (κ2) is 6.87. The number of nitrogen functional groups attached to an aromatic ring is 1. The molecule has 0 fully saturated rings. The highest BCUT2D eigenvalue weighted by atomic mass is 32.2. The molecule has 7 heteroatoms. The Morgan fingerprint density at radius 1 is 1.35 bits per heavy atom. The fraction of sp³-hybridized carbons (Fsp3) is 0.300. The molecule has 0 heterocycles. The monoisotopic (exact) mass is 261 g/mol. The quantitative estimate of drug-likeness (QED) is 0.466. The van der Waals surface area contributed by atoms with Gasteiger partial charge in [0.25, 0.3) is 10.1 Å². The molecule has 0 spiro atoms. The van der Waals surface area contributed by atoms with E-state index in [0.717, 1.165) is 0 Å². The van der Waals surface area contributed by atoms with Gasteiger partial charge in [-0.1, -0.05) is 0 Å². The fourth-order valence-corrected chi connectivity index (χ4v) is 0.834. The van der Waals surface area contributed by atoms with Crippen LogP contribution < -0.4 is 5.73 Å². The lowest BCUT2D eigenvalue weighted by Gasteiger charge is -2.00. The van der Waals surface area contributed by atoms with Gasteiger partial charge in [-0.3, -0.25) is 4.55 Å². The molecule has 0 atom stereocenters. The Kier molecular flexibility index (Phi) is 6.22. The van der Waals surface area contributed by atoms with E-state index >= 15 is 0 Å².